The molecule has 0 saturated carbocycles. The number of carbonyl (C=O) groups is 1. The summed E-state index contributed by atoms with van der Waals surface area (Å²) in [6.07, 6.45) is 1.72. The van der Waals surface area contributed by atoms with Gasteiger partial charge >= 0.3 is 0 Å². The van der Waals surface area contributed by atoms with Crippen LogP contribution in [0.1, 0.15) is 16.2 Å². The van der Waals surface area contributed by atoms with Gasteiger partial charge in [-0.3, -0.25) is 4.79 Å². The van der Waals surface area contributed by atoms with Crippen LogP contribution in [-0.2, 0) is 6.54 Å². The van der Waals surface area contributed by atoms with Crippen molar-refractivity contribution >= 4 is 41.2 Å². The third kappa shape index (κ3) is 3.88. The Morgan fingerprint density at radius 2 is 2.04 bits per heavy atom. The molecular formula is C19H16ClN5O2S. The van der Waals surface area contributed by atoms with Crippen LogP contribution in [0.4, 0.5) is 5.69 Å². The number of ketones is 1. The van der Waals surface area contributed by atoms with Crippen LogP contribution in [0.2, 0.25) is 5.02 Å². The standard InChI is InChI=1S/C19H16ClN5O2S/c1-27-16-4-2-3-15(9-16)24-10-18-22-23-19(25(18)21-12-24)28-11-17(26)13-5-7-14(20)8-6-13/h2-9,12H,10-11H2,1H3. The van der Waals surface area contributed by atoms with Gasteiger partial charge in [0, 0.05) is 22.3 Å². The molecule has 3 aromatic rings. The normalized spacial score (nSPS) is 12.7. The number of nitrogens with zero attached hydrogens (tertiary/aromatic N) is 5. The maximum atomic E-state index is 12.3. The van der Waals surface area contributed by atoms with E-state index < -0.39 is 0 Å². The van der Waals surface area contributed by atoms with Gasteiger partial charge in [0.05, 0.1) is 19.4 Å². The second kappa shape index (κ2) is 8.04. The lowest BCUT2D eigenvalue weighted by molar-refractivity contribution is 0.102. The molecule has 28 heavy (non-hydrogen) atoms. The molecular weight excluding hydrogens is 398 g/mol. The van der Waals surface area contributed by atoms with Gasteiger partial charge in [0.2, 0.25) is 5.16 Å². The van der Waals surface area contributed by atoms with E-state index in [1.807, 2.05) is 29.2 Å². The molecule has 2 aromatic carbocycles. The van der Waals surface area contributed by atoms with Crippen LogP contribution in [0, 0.1) is 0 Å². The fourth-order valence-corrected chi connectivity index (χ4v) is 3.63. The summed E-state index contributed by atoms with van der Waals surface area (Å²) in [6.45, 7) is 0.523. The lowest BCUT2D eigenvalue weighted by Gasteiger charge is -2.22. The number of methoxy groups -OCH3 is 1. The topological polar surface area (TPSA) is 72.6 Å². The molecule has 0 unspecified atom stereocenters. The predicted octanol–water partition coefficient (Wildman–Crippen LogP) is 3.73. The first-order valence-corrected chi connectivity index (χ1v) is 9.81. The number of fused-ring (bicyclic) bond motifs is 1. The van der Waals surface area contributed by atoms with E-state index in [4.69, 9.17) is 16.3 Å². The first-order chi connectivity index (χ1) is 13.6. The van der Waals surface area contributed by atoms with Crippen LogP contribution in [0.5, 0.6) is 5.75 Å². The monoisotopic (exact) mass is 413 g/mol. The number of Topliss-reactive ketones (excluding diaryl/α,β-unsaturated/α-hetero) is 1. The van der Waals surface area contributed by atoms with Crippen LogP contribution < -0.4 is 9.64 Å². The zero-order valence-electron chi connectivity index (χ0n) is 14.9. The van der Waals surface area contributed by atoms with Gasteiger partial charge in [0.1, 0.15) is 12.1 Å². The molecule has 2 heterocycles. The lowest BCUT2D eigenvalue weighted by atomic mass is 10.1. The number of halogens is 1. The van der Waals surface area contributed by atoms with Gasteiger partial charge < -0.3 is 9.64 Å². The van der Waals surface area contributed by atoms with Crippen LogP contribution in [-0.4, -0.2) is 39.9 Å². The zero-order valence-corrected chi connectivity index (χ0v) is 16.5. The number of anilines is 1. The van der Waals surface area contributed by atoms with E-state index in [0.717, 1.165) is 11.4 Å². The number of ether oxygens (including phenoxy) is 1. The summed E-state index contributed by atoms with van der Waals surface area (Å²) in [7, 11) is 1.63. The molecule has 0 fully saturated rings. The van der Waals surface area contributed by atoms with Crippen molar-refractivity contribution in [2.45, 2.75) is 11.7 Å². The summed E-state index contributed by atoms with van der Waals surface area (Å²) in [5.74, 6) is 1.72. The Balaban J connectivity index is 1.44. The molecule has 0 radical (unpaired) electrons. The minimum absolute atomic E-state index is 0.00295. The van der Waals surface area contributed by atoms with E-state index in [9.17, 15) is 4.79 Å². The van der Waals surface area contributed by atoms with Crippen LogP contribution >= 0.6 is 23.4 Å². The Morgan fingerprint density at radius 1 is 1.21 bits per heavy atom. The average molecular weight is 414 g/mol. The average Bonchev–Trinajstić information content (AvgIpc) is 3.15. The van der Waals surface area contributed by atoms with Crippen molar-refractivity contribution in [1.82, 2.24) is 14.9 Å². The maximum absolute atomic E-state index is 12.3. The SMILES string of the molecule is COc1cccc(N2C=Nn3c(nnc3SCC(=O)c3ccc(Cl)cc3)C2)c1. The molecule has 0 spiro atoms. The second-order valence-electron chi connectivity index (χ2n) is 5.99. The molecule has 1 aromatic heterocycles. The fraction of sp³-hybridized carbons (Fsp3) is 0.158. The molecule has 4 rings (SSSR count). The molecule has 9 heteroatoms. The largest absolute Gasteiger partial charge is 0.497 e. The van der Waals surface area contributed by atoms with Crippen LogP contribution in [0.15, 0.2) is 58.8 Å². The number of carbonyl (C=O) groups excluding carboxylic acids is 1. The van der Waals surface area contributed by atoms with Gasteiger partial charge in [0.15, 0.2) is 11.6 Å². The van der Waals surface area contributed by atoms with Crippen molar-refractivity contribution in [2.75, 3.05) is 17.8 Å². The Kier molecular flexibility index (Phi) is 5.31. The van der Waals surface area contributed by atoms with Gasteiger partial charge in [-0.15, -0.1) is 10.2 Å². The number of hydrogen-bond acceptors (Lipinski definition) is 7. The van der Waals surface area contributed by atoms with Crippen molar-refractivity contribution < 1.29 is 9.53 Å². The molecule has 0 saturated heterocycles. The van der Waals surface area contributed by atoms with Crippen LogP contribution in [0.3, 0.4) is 0 Å². The van der Waals surface area contributed by atoms with Crippen LogP contribution in [0.25, 0.3) is 0 Å². The number of aromatic nitrogens is 3. The Bertz CT molecular complexity index is 1040. The number of rotatable bonds is 6. The van der Waals surface area contributed by atoms with E-state index in [-0.39, 0.29) is 11.5 Å². The molecule has 0 atom stereocenters. The van der Waals surface area contributed by atoms with Crippen molar-refractivity contribution in [3.8, 4) is 5.75 Å². The smallest absolute Gasteiger partial charge is 0.212 e. The van der Waals surface area contributed by atoms with Gasteiger partial charge in [0.25, 0.3) is 0 Å². The van der Waals surface area contributed by atoms with Crippen molar-refractivity contribution in [3.05, 3.63) is 64.9 Å². The Hall–Kier alpha value is -2.84. The van der Waals surface area contributed by atoms with Gasteiger partial charge in [-0.05, 0) is 36.4 Å². The highest BCUT2D eigenvalue weighted by atomic mass is 35.5. The lowest BCUT2D eigenvalue weighted by Crippen LogP contribution is -2.27. The van der Waals surface area contributed by atoms with Gasteiger partial charge in [-0.25, -0.2) is 0 Å². The Labute approximate surface area is 171 Å². The molecule has 0 amide bonds. The van der Waals surface area contributed by atoms with E-state index in [1.54, 1.807) is 42.4 Å². The highest BCUT2D eigenvalue weighted by Gasteiger charge is 2.20. The third-order valence-electron chi connectivity index (χ3n) is 4.18. The first kappa shape index (κ1) is 18.5. The molecule has 1 aliphatic heterocycles. The number of hydrogen-bond donors (Lipinski definition) is 0. The van der Waals surface area contributed by atoms with E-state index in [2.05, 4.69) is 15.3 Å². The number of benzene rings is 2. The molecule has 0 bridgehead atoms. The molecule has 7 nitrogen and oxygen atoms in total. The Morgan fingerprint density at radius 3 is 2.82 bits per heavy atom. The summed E-state index contributed by atoms with van der Waals surface area (Å²) in [4.78, 5) is 14.3. The first-order valence-electron chi connectivity index (χ1n) is 8.45. The van der Waals surface area contributed by atoms with Crippen molar-refractivity contribution in [2.24, 2.45) is 5.10 Å². The van der Waals surface area contributed by atoms with E-state index in [0.29, 0.717) is 28.1 Å². The molecule has 142 valence electrons. The minimum atomic E-state index is -0.00295. The van der Waals surface area contributed by atoms with Gasteiger partial charge in [-0.1, -0.05) is 29.4 Å². The van der Waals surface area contributed by atoms with Crippen molar-refractivity contribution in [1.29, 1.82) is 0 Å². The highest BCUT2D eigenvalue weighted by molar-refractivity contribution is 7.99. The summed E-state index contributed by atoms with van der Waals surface area (Å²) < 4.78 is 6.93. The van der Waals surface area contributed by atoms with E-state index in [1.165, 1.54) is 11.8 Å². The molecule has 1 aliphatic rings. The third-order valence-corrected chi connectivity index (χ3v) is 5.35. The quantitative estimate of drug-likeness (QED) is 0.453. The molecule has 0 N–H and O–H groups in total. The highest BCUT2D eigenvalue weighted by Crippen LogP contribution is 2.25. The van der Waals surface area contributed by atoms with Gasteiger partial charge in [-0.2, -0.15) is 9.78 Å². The minimum Gasteiger partial charge on any atom is -0.497 e. The summed E-state index contributed by atoms with van der Waals surface area (Å²) in [5, 5.41) is 14.0. The summed E-state index contributed by atoms with van der Waals surface area (Å²) in [6, 6.07) is 14.6. The van der Waals surface area contributed by atoms with Crippen molar-refractivity contribution in [3.63, 3.8) is 0 Å². The maximum Gasteiger partial charge on any atom is 0.212 e. The predicted molar refractivity (Wildman–Crippen MR) is 110 cm³/mol. The zero-order chi connectivity index (χ0) is 19.5. The molecule has 0 aliphatic carbocycles. The fourth-order valence-electron chi connectivity index (χ4n) is 2.70. The summed E-state index contributed by atoms with van der Waals surface area (Å²) in [5.41, 5.74) is 1.56. The van der Waals surface area contributed by atoms with E-state index >= 15 is 0 Å². The number of thioether (sulfide) groups is 1. The second-order valence-corrected chi connectivity index (χ2v) is 7.37. The summed E-state index contributed by atoms with van der Waals surface area (Å²) >= 11 is 7.17.